The monoisotopic (exact) mass is 178 g/mol. The van der Waals surface area contributed by atoms with Crippen LogP contribution in [0.1, 0.15) is 26.3 Å². The Morgan fingerprint density at radius 1 is 1.15 bits per heavy atom. The maximum absolute atomic E-state index is 4.90. The van der Waals surface area contributed by atoms with Crippen LogP contribution in [0.15, 0.2) is 36.6 Å². The van der Waals surface area contributed by atoms with Gasteiger partial charge in [0, 0.05) is 0 Å². The fourth-order valence-corrected chi connectivity index (χ4v) is 0.946. The normalized spacial score (nSPS) is 10.0. The average Bonchev–Trinajstić information content (AvgIpc) is 2.23. The molecule has 0 saturated carbocycles. The third-order valence-corrected chi connectivity index (χ3v) is 1.52. The smallest absolute Gasteiger partial charge is 0.0859 e. The van der Waals surface area contributed by atoms with Gasteiger partial charge in [-0.25, -0.2) is 0 Å². The van der Waals surface area contributed by atoms with Crippen LogP contribution in [0.4, 0.5) is 0 Å². The molecule has 0 amide bonds. The van der Waals surface area contributed by atoms with Gasteiger partial charge in [0.25, 0.3) is 0 Å². The summed E-state index contributed by atoms with van der Waals surface area (Å²) < 4.78 is 4.90. The van der Waals surface area contributed by atoms with E-state index in [0.717, 1.165) is 5.57 Å². The molecule has 0 unspecified atom stereocenters. The summed E-state index contributed by atoms with van der Waals surface area (Å²) in [5, 5.41) is 0. The Labute approximate surface area is 81.1 Å². The summed E-state index contributed by atoms with van der Waals surface area (Å²) in [6, 6.07) is 10.2. The zero-order valence-electron chi connectivity index (χ0n) is 8.87. The Hall–Kier alpha value is -1.24. The van der Waals surface area contributed by atoms with Crippen molar-refractivity contribution in [3.05, 3.63) is 42.2 Å². The van der Waals surface area contributed by atoms with Crippen LogP contribution in [0.3, 0.4) is 0 Å². The second-order valence-corrected chi connectivity index (χ2v) is 2.40. The van der Waals surface area contributed by atoms with E-state index < -0.39 is 0 Å². The number of allylic oxidation sites excluding steroid dienone is 1. The van der Waals surface area contributed by atoms with Crippen molar-refractivity contribution < 1.29 is 4.74 Å². The molecule has 1 aromatic rings. The number of ether oxygens (including phenoxy) is 1. The van der Waals surface area contributed by atoms with E-state index in [1.165, 1.54) is 5.56 Å². The lowest BCUT2D eigenvalue weighted by atomic mass is 10.1. The molecule has 0 aliphatic heterocycles. The summed E-state index contributed by atoms with van der Waals surface area (Å²) in [5.41, 5.74) is 2.35. The summed E-state index contributed by atoms with van der Waals surface area (Å²) in [6.45, 7) is 6.03. The number of benzene rings is 1. The molecule has 0 heterocycles. The van der Waals surface area contributed by atoms with Crippen LogP contribution in [-0.4, -0.2) is 7.11 Å². The molecule has 0 aliphatic carbocycles. The van der Waals surface area contributed by atoms with Crippen LogP contribution in [-0.2, 0) is 4.74 Å². The van der Waals surface area contributed by atoms with Gasteiger partial charge in [0.1, 0.15) is 0 Å². The first kappa shape index (κ1) is 11.8. The first-order chi connectivity index (χ1) is 6.34. The van der Waals surface area contributed by atoms with Crippen LogP contribution in [0.2, 0.25) is 0 Å². The maximum Gasteiger partial charge on any atom is 0.0859 e. The predicted octanol–water partition coefficient (Wildman–Crippen LogP) is 3.72. The molecule has 0 atom stereocenters. The fourth-order valence-electron chi connectivity index (χ4n) is 0.946. The van der Waals surface area contributed by atoms with Gasteiger partial charge in [-0.2, -0.15) is 0 Å². The van der Waals surface area contributed by atoms with Gasteiger partial charge < -0.3 is 4.74 Å². The second kappa shape index (κ2) is 7.41. The molecular formula is C12H18O. The Morgan fingerprint density at radius 2 is 1.69 bits per heavy atom. The van der Waals surface area contributed by atoms with E-state index in [0.29, 0.717) is 0 Å². The van der Waals surface area contributed by atoms with E-state index in [1.807, 2.05) is 39.0 Å². The van der Waals surface area contributed by atoms with Gasteiger partial charge in [-0.3, -0.25) is 0 Å². The van der Waals surface area contributed by atoms with Crippen molar-refractivity contribution in [1.82, 2.24) is 0 Å². The van der Waals surface area contributed by atoms with Crippen LogP contribution in [0, 0.1) is 0 Å². The van der Waals surface area contributed by atoms with E-state index >= 15 is 0 Å². The largest absolute Gasteiger partial charge is 0.504 e. The van der Waals surface area contributed by atoms with Crippen molar-refractivity contribution in [1.29, 1.82) is 0 Å². The Morgan fingerprint density at radius 3 is 2.15 bits per heavy atom. The standard InChI is InChI=1S/C10H12O.C2H6/c1-9(8-11-2)10-6-4-3-5-7-10;1-2/h3-8H,1-2H3;1-2H3/b9-8-;. The van der Waals surface area contributed by atoms with Crippen LogP contribution in [0.5, 0.6) is 0 Å². The van der Waals surface area contributed by atoms with Crippen molar-refractivity contribution in [3.63, 3.8) is 0 Å². The predicted molar refractivity (Wildman–Crippen MR) is 58.5 cm³/mol. The van der Waals surface area contributed by atoms with Crippen molar-refractivity contribution >= 4 is 5.57 Å². The number of rotatable bonds is 2. The summed E-state index contributed by atoms with van der Waals surface area (Å²) in [6.07, 6.45) is 1.75. The molecular weight excluding hydrogens is 160 g/mol. The third-order valence-electron chi connectivity index (χ3n) is 1.52. The van der Waals surface area contributed by atoms with Crippen LogP contribution >= 0.6 is 0 Å². The van der Waals surface area contributed by atoms with Gasteiger partial charge in [-0.05, 0) is 18.1 Å². The maximum atomic E-state index is 4.90. The number of methoxy groups -OCH3 is 1. The summed E-state index contributed by atoms with van der Waals surface area (Å²) in [4.78, 5) is 0. The molecule has 1 rings (SSSR count). The van der Waals surface area contributed by atoms with Crippen molar-refractivity contribution in [3.8, 4) is 0 Å². The Bertz CT molecular complexity index is 237. The highest BCUT2D eigenvalue weighted by Gasteiger charge is 1.91. The van der Waals surface area contributed by atoms with E-state index in [9.17, 15) is 0 Å². The molecule has 0 aromatic heterocycles. The SMILES string of the molecule is CC.CO/C=C(/C)c1ccccc1. The average molecular weight is 178 g/mol. The second-order valence-electron chi connectivity index (χ2n) is 2.40. The summed E-state index contributed by atoms with van der Waals surface area (Å²) >= 11 is 0. The minimum atomic E-state index is 1.15. The molecule has 13 heavy (non-hydrogen) atoms. The van der Waals surface area contributed by atoms with Gasteiger partial charge >= 0.3 is 0 Å². The zero-order valence-corrected chi connectivity index (χ0v) is 8.87. The molecule has 0 saturated heterocycles. The zero-order chi connectivity index (χ0) is 10.1. The Kier molecular flexibility index (Phi) is 6.70. The number of hydrogen-bond acceptors (Lipinski definition) is 1. The molecule has 0 aliphatic rings. The first-order valence-corrected chi connectivity index (χ1v) is 4.59. The van der Waals surface area contributed by atoms with Crippen molar-refractivity contribution in [2.75, 3.05) is 7.11 Å². The molecule has 0 N–H and O–H groups in total. The lowest BCUT2D eigenvalue weighted by Crippen LogP contribution is -1.78. The van der Waals surface area contributed by atoms with Gasteiger partial charge in [-0.15, -0.1) is 0 Å². The molecule has 1 nitrogen and oxygen atoms in total. The van der Waals surface area contributed by atoms with Crippen LogP contribution < -0.4 is 0 Å². The first-order valence-electron chi connectivity index (χ1n) is 4.59. The molecule has 72 valence electrons. The lowest BCUT2D eigenvalue weighted by molar-refractivity contribution is 0.339. The fraction of sp³-hybridized carbons (Fsp3) is 0.333. The summed E-state index contributed by atoms with van der Waals surface area (Å²) in [7, 11) is 1.66. The topological polar surface area (TPSA) is 9.23 Å². The molecule has 0 bridgehead atoms. The van der Waals surface area contributed by atoms with E-state index in [-0.39, 0.29) is 0 Å². The minimum Gasteiger partial charge on any atom is -0.504 e. The quantitative estimate of drug-likeness (QED) is 0.627. The molecule has 1 heteroatoms. The minimum absolute atomic E-state index is 1.15. The van der Waals surface area contributed by atoms with Crippen molar-refractivity contribution in [2.45, 2.75) is 20.8 Å². The number of hydrogen-bond donors (Lipinski definition) is 0. The highest BCUT2D eigenvalue weighted by atomic mass is 16.5. The molecule has 0 fully saturated rings. The van der Waals surface area contributed by atoms with Gasteiger partial charge in [0.05, 0.1) is 13.4 Å². The van der Waals surface area contributed by atoms with Gasteiger partial charge in [0.2, 0.25) is 0 Å². The molecule has 0 spiro atoms. The van der Waals surface area contributed by atoms with E-state index in [1.54, 1.807) is 13.4 Å². The van der Waals surface area contributed by atoms with Crippen molar-refractivity contribution in [2.24, 2.45) is 0 Å². The lowest BCUT2D eigenvalue weighted by Gasteiger charge is -1.98. The highest BCUT2D eigenvalue weighted by molar-refractivity contribution is 5.62. The Balaban J connectivity index is 0.000000671. The molecule has 0 radical (unpaired) electrons. The third kappa shape index (κ3) is 4.36. The highest BCUT2D eigenvalue weighted by Crippen LogP contribution is 2.11. The molecule has 1 aromatic carbocycles. The van der Waals surface area contributed by atoms with Crippen LogP contribution in [0.25, 0.3) is 5.57 Å². The van der Waals surface area contributed by atoms with E-state index in [4.69, 9.17) is 4.74 Å². The van der Waals surface area contributed by atoms with Gasteiger partial charge in [0.15, 0.2) is 0 Å². The summed E-state index contributed by atoms with van der Waals surface area (Å²) in [5.74, 6) is 0. The van der Waals surface area contributed by atoms with E-state index in [2.05, 4.69) is 12.1 Å². The van der Waals surface area contributed by atoms with Gasteiger partial charge in [-0.1, -0.05) is 44.2 Å².